The van der Waals surface area contributed by atoms with Crippen molar-refractivity contribution in [1.82, 2.24) is 20.9 Å². The molecule has 2 heterocycles. The van der Waals surface area contributed by atoms with E-state index in [2.05, 4.69) is 16.0 Å². The molecule has 1 atom stereocenters. The van der Waals surface area contributed by atoms with Crippen LogP contribution in [0.1, 0.15) is 26.3 Å². The number of fused-ring (bicyclic) bond motifs is 1. The van der Waals surface area contributed by atoms with Crippen molar-refractivity contribution in [1.29, 1.82) is 0 Å². The molecule has 0 bridgehead atoms. The fraction of sp³-hybridized carbons (Fsp3) is 0.474. The van der Waals surface area contributed by atoms with Crippen molar-refractivity contribution in [3.05, 3.63) is 23.8 Å². The van der Waals surface area contributed by atoms with Gasteiger partial charge in [0.05, 0.1) is 6.54 Å². The Balaban J connectivity index is 1.59. The molecular formula is C19H24N4O6. The first-order valence-electron chi connectivity index (χ1n) is 9.26. The van der Waals surface area contributed by atoms with Crippen LogP contribution in [-0.2, 0) is 20.8 Å². The van der Waals surface area contributed by atoms with Crippen molar-refractivity contribution in [3.8, 4) is 11.5 Å². The fourth-order valence-corrected chi connectivity index (χ4v) is 3.22. The Morgan fingerprint density at radius 1 is 1.21 bits per heavy atom. The number of carbonyl (C=O) groups excluding carboxylic acids is 4. The fourth-order valence-electron chi connectivity index (χ4n) is 3.22. The topological polar surface area (TPSA) is 126 Å². The normalized spacial score (nSPS) is 20.1. The van der Waals surface area contributed by atoms with E-state index in [0.29, 0.717) is 11.5 Å². The Morgan fingerprint density at radius 3 is 2.66 bits per heavy atom. The number of nitrogens with zero attached hydrogens (tertiary/aromatic N) is 1. The summed E-state index contributed by atoms with van der Waals surface area (Å²) in [6.07, 6.45) is 0.225. The Labute approximate surface area is 167 Å². The summed E-state index contributed by atoms with van der Waals surface area (Å²) in [6, 6.07) is 4.59. The summed E-state index contributed by atoms with van der Waals surface area (Å²) in [5, 5.41) is 7.69. The third-order valence-corrected chi connectivity index (χ3v) is 4.54. The van der Waals surface area contributed by atoms with E-state index in [4.69, 9.17) is 9.47 Å². The lowest BCUT2D eigenvalue weighted by atomic mass is 9.92. The number of imide groups is 1. The molecule has 1 saturated heterocycles. The minimum Gasteiger partial charge on any atom is -0.454 e. The SMILES string of the molecule is CC(C)NC(=O)CNC(=O)CN1C(=O)N[C@](C)(Cc2ccc3c(c2)OCO3)C1=O. The van der Waals surface area contributed by atoms with Crippen LogP contribution in [0, 0.1) is 0 Å². The predicted molar refractivity (Wildman–Crippen MR) is 101 cm³/mol. The molecule has 3 N–H and O–H groups in total. The molecule has 10 heteroatoms. The number of amides is 5. The highest BCUT2D eigenvalue weighted by Gasteiger charge is 2.48. The quantitative estimate of drug-likeness (QED) is 0.545. The zero-order chi connectivity index (χ0) is 21.2. The van der Waals surface area contributed by atoms with E-state index in [9.17, 15) is 19.2 Å². The molecule has 0 spiro atoms. The smallest absolute Gasteiger partial charge is 0.325 e. The highest BCUT2D eigenvalue weighted by atomic mass is 16.7. The summed E-state index contributed by atoms with van der Waals surface area (Å²) < 4.78 is 10.6. The maximum atomic E-state index is 12.8. The average Bonchev–Trinajstić information content (AvgIpc) is 3.17. The maximum Gasteiger partial charge on any atom is 0.325 e. The Hall–Kier alpha value is -3.30. The molecule has 1 aromatic carbocycles. The third-order valence-electron chi connectivity index (χ3n) is 4.54. The summed E-state index contributed by atoms with van der Waals surface area (Å²) in [6.45, 7) is 4.66. The van der Waals surface area contributed by atoms with E-state index in [1.165, 1.54) is 0 Å². The molecule has 5 amide bonds. The first-order valence-corrected chi connectivity index (χ1v) is 9.26. The molecule has 1 aromatic rings. The molecule has 0 aliphatic carbocycles. The van der Waals surface area contributed by atoms with Crippen LogP contribution < -0.4 is 25.4 Å². The molecule has 156 valence electrons. The van der Waals surface area contributed by atoms with E-state index in [-0.39, 0.29) is 31.7 Å². The van der Waals surface area contributed by atoms with Crippen molar-refractivity contribution in [2.24, 2.45) is 0 Å². The van der Waals surface area contributed by atoms with Gasteiger partial charge >= 0.3 is 6.03 Å². The van der Waals surface area contributed by atoms with Crippen molar-refractivity contribution in [3.63, 3.8) is 0 Å². The number of hydrogen-bond acceptors (Lipinski definition) is 6. The molecule has 10 nitrogen and oxygen atoms in total. The van der Waals surface area contributed by atoms with Crippen LogP contribution in [0.5, 0.6) is 11.5 Å². The Morgan fingerprint density at radius 2 is 1.93 bits per heavy atom. The van der Waals surface area contributed by atoms with E-state index in [0.717, 1.165) is 10.5 Å². The van der Waals surface area contributed by atoms with Gasteiger partial charge in [0, 0.05) is 12.5 Å². The summed E-state index contributed by atoms with van der Waals surface area (Å²) in [4.78, 5) is 49.6. The minimum atomic E-state index is -1.19. The van der Waals surface area contributed by atoms with E-state index >= 15 is 0 Å². The number of nitrogens with one attached hydrogen (secondary N) is 3. The van der Waals surface area contributed by atoms with E-state index < -0.39 is 29.9 Å². The van der Waals surface area contributed by atoms with Crippen LogP contribution in [0.25, 0.3) is 0 Å². The summed E-state index contributed by atoms with van der Waals surface area (Å²) in [7, 11) is 0. The van der Waals surface area contributed by atoms with Crippen molar-refractivity contribution < 1.29 is 28.7 Å². The van der Waals surface area contributed by atoms with Gasteiger partial charge in [0.1, 0.15) is 12.1 Å². The largest absolute Gasteiger partial charge is 0.454 e. The number of ether oxygens (including phenoxy) is 2. The number of carbonyl (C=O) groups is 4. The van der Waals surface area contributed by atoms with Gasteiger partial charge in [-0.1, -0.05) is 6.07 Å². The highest BCUT2D eigenvalue weighted by Crippen LogP contribution is 2.34. The Kier molecular flexibility index (Phi) is 5.62. The van der Waals surface area contributed by atoms with Crippen LogP contribution in [-0.4, -0.2) is 60.1 Å². The molecule has 0 unspecified atom stereocenters. The van der Waals surface area contributed by atoms with Gasteiger partial charge in [0.2, 0.25) is 18.6 Å². The molecular weight excluding hydrogens is 380 g/mol. The lowest BCUT2D eigenvalue weighted by Crippen LogP contribution is -2.47. The molecule has 1 fully saturated rings. The van der Waals surface area contributed by atoms with Gasteiger partial charge in [-0.05, 0) is 38.5 Å². The second kappa shape index (κ2) is 7.98. The summed E-state index contributed by atoms with van der Waals surface area (Å²) in [5.74, 6) is -0.251. The zero-order valence-electron chi connectivity index (χ0n) is 16.5. The van der Waals surface area contributed by atoms with Crippen molar-refractivity contribution in [2.75, 3.05) is 19.9 Å². The molecule has 0 saturated carbocycles. The molecule has 3 rings (SSSR count). The van der Waals surface area contributed by atoms with E-state index in [1.54, 1.807) is 39.0 Å². The molecule has 0 radical (unpaired) electrons. The highest BCUT2D eigenvalue weighted by molar-refractivity contribution is 6.09. The second-order valence-corrected chi connectivity index (χ2v) is 7.52. The Bertz CT molecular complexity index is 855. The first-order chi connectivity index (χ1) is 13.7. The van der Waals surface area contributed by atoms with Crippen LogP contribution in [0.4, 0.5) is 4.79 Å². The number of rotatable bonds is 7. The lowest BCUT2D eigenvalue weighted by Gasteiger charge is -2.22. The van der Waals surface area contributed by atoms with Gasteiger partial charge in [-0.2, -0.15) is 0 Å². The average molecular weight is 404 g/mol. The van der Waals surface area contributed by atoms with Crippen LogP contribution in [0.3, 0.4) is 0 Å². The van der Waals surface area contributed by atoms with Gasteiger partial charge in [-0.15, -0.1) is 0 Å². The predicted octanol–water partition coefficient (Wildman–Crippen LogP) is -0.0909. The van der Waals surface area contributed by atoms with Gasteiger partial charge < -0.3 is 25.4 Å². The molecule has 0 aromatic heterocycles. The summed E-state index contributed by atoms with van der Waals surface area (Å²) >= 11 is 0. The van der Waals surface area contributed by atoms with Crippen LogP contribution >= 0.6 is 0 Å². The lowest BCUT2D eigenvalue weighted by molar-refractivity contribution is -0.134. The second-order valence-electron chi connectivity index (χ2n) is 7.52. The minimum absolute atomic E-state index is 0.0535. The standard InChI is InChI=1S/C19H24N4O6/c1-11(2)21-15(24)8-20-16(25)9-23-17(26)19(3,22-18(23)27)7-12-4-5-13-14(6-12)29-10-28-13/h4-6,11H,7-10H2,1-3H3,(H,20,25)(H,21,24)(H,22,27)/t19-/m1/s1. The van der Waals surface area contributed by atoms with Gasteiger partial charge in [-0.25, -0.2) is 4.79 Å². The monoisotopic (exact) mass is 404 g/mol. The molecule has 29 heavy (non-hydrogen) atoms. The van der Waals surface area contributed by atoms with Crippen molar-refractivity contribution >= 4 is 23.8 Å². The van der Waals surface area contributed by atoms with E-state index in [1.807, 2.05) is 0 Å². The van der Waals surface area contributed by atoms with Crippen molar-refractivity contribution in [2.45, 2.75) is 38.8 Å². The van der Waals surface area contributed by atoms with Gasteiger partial charge in [0.25, 0.3) is 5.91 Å². The maximum absolute atomic E-state index is 12.8. The summed E-state index contributed by atoms with van der Waals surface area (Å²) in [5.41, 5.74) is -0.415. The number of urea groups is 1. The van der Waals surface area contributed by atoms with Crippen LogP contribution in [0.2, 0.25) is 0 Å². The van der Waals surface area contributed by atoms with Gasteiger partial charge in [-0.3, -0.25) is 19.3 Å². The number of benzene rings is 1. The molecule has 2 aliphatic rings. The third kappa shape index (κ3) is 4.58. The van der Waals surface area contributed by atoms with Gasteiger partial charge in [0.15, 0.2) is 11.5 Å². The first kappa shape index (κ1) is 20.4. The van der Waals surface area contributed by atoms with Crippen LogP contribution in [0.15, 0.2) is 18.2 Å². The zero-order valence-corrected chi connectivity index (χ0v) is 16.5. The number of hydrogen-bond donors (Lipinski definition) is 3. The molecule has 2 aliphatic heterocycles.